The van der Waals surface area contributed by atoms with Gasteiger partial charge in [-0.2, -0.15) is 0 Å². The molecule has 0 radical (unpaired) electrons. The molecule has 0 aromatic heterocycles. The van der Waals surface area contributed by atoms with Crippen LogP contribution in [-0.4, -0.2) is 48.5 Å². The number of nitro benzene ring substituents is 1. The first-order valence-corrected chi connectivity index (χ1v) is 6.91. The minimum absolute atomic E-state index is 0.0494. The summed E-state index contributed by atoms with van der Waals surface area (Å²) >= 11 is 0. The number of benzene rings is 1. The van der Waals surface area contributed by atoms with Crippen molar-refractivity contribution in [2.24, 2.45) is 0 Å². The fourth-order valence-corrected chi connectivity index (χ4v) is 2.33. The van der Waals surface area contributed by atoms with Crippen LogP contribution in [0.1, 0.15) is 12.8 Å². The van der Waals surface area contributed by atoms with Crippen LogP contribution >= 0.6 is 0 Å². The summed E-state index contributed by atoms with van der Waals surface area (Å²) in [6.07, 6.45) is 1.86. The third-order valence-electron chi connectivity index (χ3n) is 3.64. The van der Waals surface area contributed by atoms with Crippen molar-refractivity contribution >= 4 is 11.6 Å². The van der Waals surface area contributed by atoms with Gasteiger partial charge >= 0.3 is 0 Å². The topological polar surface area (TPSA) is 84.7 Å². The summed E-state index contributed by atoms with van der Waals surface area (Å²) in [5.41, 5.74) is -0.0494. The molecule has 0 aliphatic carbocycles. The highest BCUT2D eigenvalue weighted by Gasteiger charge is 2.22. The second-order valence-electron chi connectivity index (χ2n) is 5.03. The number of likely N-dealkylation sites (N-methyl/N-ethyl adjacent to an activating group) is 1. The van der Waals surface area contributed by atoms with Crippen LogP contribution in [0.2, 0.25) is 0 Å². The normalized spacial score (nSPS) is 15.5. The van der Waals surface area contributed by atoms with Gasteiger partial charge in [-0.1, -0.05) is 6.07 Å². The second kappa shape index (κ2) is 7.03. The predicted molar refractivity (Wildman–Crippen MR) is 77.3 cm³/mol. The van der Waals surface area contributed by atoms with Crippen molar-refractivity contribution in [2.75, 3.05) is 26.7 Å². The van der Waals surface area contributed by atoms with Crippen LogP contribution in [-0.2, 0) is 4.79 Å². The SMILES string of the molecule is CN(C(=O)COc1cccc([N+](=O)[O-])c1)C1CCNCC1. The largest absolute Gasteiger partial charge is 0.484 e. The average Bonchev–Trinajstić information content (AvgIpc) is 2.53. The quantitative estimate of drug-likeness (QED) is 0.651. The van der Waals surface area contributed by atoms with E-state index < -0.39 is 4.92 Å². The molecule has 1 N–H and O–H groups in total. The summed E-state index contributed by atoms with van der Waals surface area (Å²) in [6, 6.07) is 6.07. The lowest BCUT2D eigenvalue weighted by Gasteiger charge is -2.31. The Morgan fingerprint density at radius 1 is 1.48 bits per heavy atom. The Bertz CT molecular complexity index is 515. The molecule has 1 fully saturated rings. The van der Waals surface area contributed by atoms with Crippen molar-refractivity contribution in [3.05, 3.63) is 34.4 Å². The molecule has 1 amide bonds. The third-order valence-corrected chi connectivity index (χ3v) is 3.64. The van der Waals surface area contributed by atoms with Gasteiger partial charge < -0.3 is 15.0 Å². The monoisotopic (exact) mass is 293 g/mol. The van der Waals surface area contributed by atoms with Gasteiger partial charge in [0.25, 0.3) is 11.6 Å². The molecule has 1 heterocycles. The summed E-state index contributed by atoms with van der Waals surface area (Å²) < 4.78 is 5.36. The number of carbonyl (C=O) groups excluding carboxylic acids is 1. The number of hydrogen-bond donors (Lipinski definition) is 1. The zero-order valence-corrected chi connectivity index (χ0v) is 11.9. The molecule has 0 unspecified atom stereocenters. The molecule has 0 spiro atoms. The number of nitro groups is 1. The lowest BCUT2D eigenvalue weighted by molar-refractivity contribution is -0.384. The Morgan fingerprint density at radius 3 is 2.86 bits per heavy atom. The maximum Gasteiger partial charge on any atom is 0.273 e. The first kappa shape index (κ1) is 15.2. The van der Waals surface area contributed by atoms with Crippen LogP contribution in [0.3, 0.4) is 0 Å². The molecule has 0 atom stereocenters. The first-order valence-electron chi connectivity index (χ1n) is 6.91. The molecule has 1 aromatic carbocycles. The van der Waals surface area contributed by atoms with E-state index in [-0.39, 0.29) is 24.2 Å². The van der Waals surface area contributed by atoms with Crippen molar-refractivity contribution in [1.82, 2.24) is 10.2 Å². The Hall–Kier alpha value is -2.15. The number of piperidine rings is 1. The number of rotatable bonds is 5. The lowest BCUT2D eigenvalue weighted by atomic mass is 10.1. The minimum atomic E-state index is -0.490. The van der Waals surface area contributed by atoms with Crippen molar-refractivity contribution in [3.8, 4) is 5.75 Å². The van der Waals surface area contributed by atoms with Crippen LogP contribution in [0.25, 0.3) is 0 Å². The maximum atomic E-state index is 12.1. The first-order chi connectivity index (χ1) is 10.1. The Balaban J connectivity index is 1.88. The molecule has 21 heavy (non-hydrogen) atoms. The van der Waals surface area contributed by atoms with E-state index in [1.165, 1.54) is 18.2 Å². The molecule has 2 rings (SSSR count). The fourth-order valence-electron chi connectivity index (χ4n) is 2.33. The molecule has 0 saturated carbocycles. The number of non-ortho nitro benzene ring substituents is 1. The van der Waals surface area contributed by atoms with Crippen LogP contribution in [0, 0.1) is 10.1 Å². The highest BCUT2D eigenvalue weighted by atomic mass is 16.6. The van der Waals surface area contributed by atoms with Gasteiger partial charge in [0.15, 0.2) is 6.61 Å². The summed E-state index contributed by atoms with van der Waals surface area (Å²) in [6.45, 7) is 1.71. The van der Waals surface area contributed by atoms with Crippen LogP contribution in [0.5, 0.6) is 5.75 Å². The van der Waals surface area contributed by atoms with Gasteiger partial charge in [0.1, 0.15) is 5.75 Å². The molecular formula is C14H19N3O4. The number of carbonyl (C=O) groups is 1. The lowest BCUT2D eigenvalue weighted by Crippen LogP contribution is -2.45. The van der Waals surface area contributed by atoms with E-state index in [0.717, 1.165) is 25.9 Å². The molecule has 1 aromatic rings. The van der Waals surface area contributed by atoms with E-state index in [1.54, 1.807) is 18.0 Å². The number of ether oxygens (including phenoxy) is 1. The van der Waals surface area contributed by atoms with Crippen molar-refractivity contribution < 1.29 is 14.5 Å². The van der Waals surface area contributed by atoms with E-state index in [2.05, 4.69) is 5.32 Å². The van der Waals surface area contributed by atoms with E-state index in [0.29, 0.717) is 5.75 Å². The van der Waals surface area contributed by atoms with Crippen molar-refractivity contribution in [1.29, 1.82) is 0 Å². The number of hydrogen-bond acceptors (Lipinski definition) is 5. The average molecular weight is 293 g/mol. The van der Waals surface area contributed by atoms with Crippen LogP contribution in [0.4, 0.5) is 5.69 Å². The molecule has 7 heteroatoms. The van der Waals surface area contributed by atoms with Gasteiger partial charge in [0.2, 0.25) is 0 Å². The van der Waals surface area contributed by atoms with Crippen molar-refractivity contribution in [2.45, 2.75) is 18.9 Å². The molecule has 0 bridgehead atoms. The molecule has 114 valence electrons. The molecule has 1 saturated heterocycles. The Morgan fingerprint density at radius 2 is 2.19 bits per heavy atom. The van der Waals surface area contributed by atoms with Crippen molar-refractivity contribution in [3.63, 3.8) is 0 Å². The third kappa shape index (κ3) is 4.16. The standard InChI is InChI=1S/C14H19N3O4/c1-16(11-5-7-15-8-6-11)14(18)10-21-13-4-2-3-12(9-13)17(19)20/h2-4,9,11,15H,5-8,10H2,1H3. The number of nitrogens with one attached hydrogen (secondary N) is 1. The Kier molecular flexibility index (Phi) is 5.10. The number of nitrogens with zero attached hydrogens (tertiary/aromatic N) is 2. The van der Waals surface area contributed by atoms with Gasteiger partial charge in [-0.25, -0.2) is 0 Å². The number of amides is 1. The smallest absolute Gasteiger partial charge is 0.273 e. The van der Waals surface area contributed by atoms with Crippen LogP contribution < -0.4 is 10.1 Å². The van der Waals surface area contributed by atoms with Gasteiger partial charge in [0.05, 0.1) is 11.0 Å². The predicted octanol–water partition coefficient (Wildman–Crippen LogP) is 1.18. The summed E-state index contributed by atoms with van der Waals surface area (Å²) in [7, 11) is 1.77. The Labute approximate surface area is 123 Å². The minimum Gasteiger partial charge on any atom is -0.484 e. The van der Waals surface area contributed by atoms with Gasteiger partial charge in [-0.15, -0.1) is 0 Å². The highest BCUT2D eigenvalue weighted by Crippen LogP contribution is 2.19. The van der Waals surface area contributed by atoms with E-state index >= 15 is 0 Å². The molecule has 7 nitrogen and oxygen atoms in total. The second-order valence-corrected chi connectivity index (χ2v) is 5.03. The van der Waals surface area contributed by atoms with E-state index in [1.807, 2.05) is 0 Å². The van der Waals surface area contributed by atoms with E-state index in [4.69, 9.17) is 4.74 Å². The van der Waals surface area contributed by atoms with Gasteiger partial charge in [-0.05, 0) is 32.0 Å². The fraction of sp³-hybridized carbons (Fsp3) is 0.500. The van der Waals surface area contributed by atoms with E-state index in [9.17, 15) is 14.9 Å². The summed E-state index contributed by atoms with van der Waals surface area (Å²) in [4.78, 5) is 24.0. The molecule has 1 aliphatic rings. The zero-order chi connectivity index (χ0) is 15.2. The molecular weight excluding hydrogens is 274 g/mol. The molecule has 1 aliphatic heterocycles. The highest BCUT2D eigenvalue weighted by molar-refractivity contribution is 5.77. The summed E-state index contributed by atoms with van der Waals surface area (Å²) in [5, 5.41) is 13.9. The van der Waals surface area contributed by atoms with Crippen LogP contribution in [0.15, 0.2) is 24.3 Å². The summed E-state index contributed by atoms with van der Waals surface area (Å²) in [5.74, 6) is 0.213. The van der Waals surface area contributed by atoms with Gasteiger partial charge in [0, 0.05) is 19.2 Å². The zero-order valence-electron chi connectivity index (χ0n) is 11.9. The van der Waals surface area contributed by atoms with Gasteiger partial charge in [-0.3, -0.25) is 14.9 Å². The maximum absolute atomic E-state index is 12.1.